The van der Waals surface area contributed by atoms with E-state index in [9.17, 15) is 5.11 Å². The largest absolute Gasteiger partial charge is 0.493 e. The molecule has 0 saturated carbocycles. The van der Waals surface area contributed by atoms with Crippen LogP contribution in [0, 0.1) is 5.92 Å². The van der Waals surface area contributed by atoms with Crippen LogP contribution in [-0.4, -0.2) is 43.4 Å². The van der Waals surface area contributed by atoms with Crippen LogP contribution in [0.3, 0.4) is 0 Å². The molecular formula is C18H27NO3. The van der Waals surface area contributed by atoms with Crippen LogP contribution in [0.2, 0.25) is 0 Å². The molecule has 0 radical (unpaired) electrons. The predicted octanol–water partition coefficient (Wildman–Crippen LogP) is 2.85. The molecule has 4 heteroatoms. The van der Waals surface area contributed by atoms with Crippen LogP contribution >= 0.6 is 0 Å². The molecule has 0 atom stereocenters. The first-order chi connectivity index (χ1) is 10.6. The van der Waals surface area contributed by atoms with E-state index in [4.69, 9.17) is 9.47 Å². The van der Waals surface area contributed by atoms with Crippen LogP contribution in [0.25, 0.3) is 0 Å². The summed E-state index contributed by atoms with van der Waals surface area (Å²) in [4.78, 5) is 2.43. The molecule has 22 heavy (non-hydrogen) atoms. The van der Waals surface area contributed by atoms with E-state index in [0.29, 0.717) is 19.1 Å². The van der Waals surface area contributed by atoms with E-state index >= 15 is 0 Å². The minimum absolute atomic E-state index is 0.315. The molecule has 1 aromatic carbocycles. The number of hydrogen-bond acceptors (Lipinski definition) is 4. The third-order valence-corrected chi connectivity index (χ3v) is 4.07. The lowest BCUT2D eigenvalue weighted by molar-refractivity contribution is 0.127. The van der Waals surface area contributed by atoms with Crippen molar-refractivity contribution in [3.63, 3.8) is 0 Å². The van der Waals surface area contributed by atoms with Crippen LogP contribution < -0.4 is 9.47 Å². The fraction of sp³-hybridized carbons (Fsp3) is 0.556. The van der Waals surface area contributed by atoms with Gasteiger partial charge in [0.25, 0.3) is 0 Å². The second-order valence-electron chi connectivity index (χ2n) is 6.13. The molecule has 0 unspecified atom stereocenters. The third kappa shape index (κ3) is 4.75. The van der Waals surface area contributed by atoms with Crippen molar-refractivity contribution in [3.05, 3.63) is 35.9 Å². The molecule has 0 amide bonds. The van der Waals surface area contributed by atoms with Gasteiger partial charge in [0.1, 0.15) is 6.61 Å². The minimum atomic E-state index is 0.315. The van der Waals surface area contributed by atoms with Crippen molar-refractivity contribution in [2.75, 3.05) is 33.4 Å². The molecule has 4 nitrogen and oxygen atoms in total. The third-order valence-electron chi connectivity index (χ3n) is 4.07. The Hall–Kier alpha value is -1.52. The fourth-order valence-corrected chi connectivity index (χ4v) is 2.72. The Labute approximate surface area is 133 Å². The smallest absolute Gasteiger partial charge is 0.161 e. The second-order valence-corrected chi connectivity index (χ2v) is 6.13. The number of ether oxygens (including phenoxy) is 2. The Balaban J connectivity index is 1.99. The van der Waals surface area contributed by atoms with Crippen molar-refractivity contribution in [1.82, 2.24) is 4.90 Å². The summed E-state index contributed by atoms with van der Waals surface area (Å²) in [5.74, 6) is 2.00. The molecule has 0 aliphatic carbocycles. The Bertz CT molecular complexity index is 493. The summed E-state index contributed by atoms with van der Waals surface area (Å²) in [5.41, 5.74) is 2.21. The number of rotatable bonds is 7. The topological polar surface area (TPSA) is 41.9 Å². The van der Waals surface area contributed by atoms with Gasteiger partial charge in [-0.15, -0.1) is 0 Å². The van der Waals surface area contributed by atoms with E-state index in [2.05, 4.69) is 23.6 Å². The second kappa shape index (κ2) is 8.20. The average Bonchev–Trinajstić information content (AvgIpc) is 2.54. The highest BCUT2D eigenvalue weighted by atomic mass is 16.5. The summed E-state index contributed by atoms with van der Waals surface area (Å²) in [6, 6.07) is 6.11. The maximum atomic E-state index is 9.21. The lowest BCUT2D eigenvalue weighted by atomic mass is 9.97. The van der Waals surface area contributed by atoms with Crippen LogP contribution in [0.4, 0.5) is 0 Å². The van der Waals surface area contributed by atoms with Crippen LogP contribution in [0.5, 0.6) is 11.5 Å². The summed E-state index contributed by atoms with van der Waals surface area (Å²) in [6.45, 7) is 9.61. The van der Waals surface area contributed by atoms with Gasteiger partial charge < -0.3 is 14.6 Å². The molecule has 1 aromatic rings. The highest BCUT2D eigenvalue weighted by molar-refractivity contribution is 5.43. The molecule has 1 saturated heterocycles. The summed E-state index contributed by atoms with van der Waals surface area (Å²) < 4.78 is 11.1. The number of piperidine rings is 1. The zero-order valence-corrected chi connectivity index (χ0v) is 13.7. The molecule has 122 valence electrons. The predicted molar refractivity (Wildman–Crippen MR) is 88.4 cm³/mol. The molecule has 1 fully saturated rings. The summed E-state index contributed by atoms with van der Waals surface area (Å²) in [7, 11) is 1.66. The van der Waals surface area contributed by atoms with Gasteiger partial charge in [0.15, 0.2) is 11.5 Å². The van der Waals surface area contributed by atoms with E-state index in [0.717, 1.165) is 49.5 Å². The highest BCUT2D eigenvalue weighted by Gasteiger charge is 2.18. The first-order valence-corrected chi connectivity index (χ1v) is 7.89. The zero-order chi connectivity index (χ0) is 15.9. The fourth-order valence-electron chi connectivity index (χ4n) is 2.72. The molecule has 0 spiro atoms. The van der Waals surface area contributed by atoms with Crippen molar-refractivity contribution in [1.29, 1.82) is 0 Å². The number of hydrogen-bond donors (Lipinski definition) is 1. The molecule has 0 aromatic heterocycles. The van der Waals surface area contributed by atoms with Gasteiger partial charge in [-0.05, 0) is 62.0 Å². The van der Waals surface area contributed by atoms with Gasteiger partial charge in [-0.25, -0.2) is 0 Å². The summed E-state index contributed by atoms with van der Waals surface area (Å²) in [6.07, 6.45) is 2.15. The Kier molecular flexibility index (Phi) is 6.28. The van der Waals surface area contributed by atoms with Crippen molar-refractivity contribution < 1.29 is 14.6 Å². The molecular weight excluding hydrogens is 278 g/mol. The van der Waals surface area contributed by atoms with Crippen molar-refractivity contribution >= 4 is 0 Å². The standard InChI is InChI=1S/C18H27NO3/c1-14(2)13-22-18-10-16(4-5-17(18)21-3)11-19-8-6-15(12-20)7-9-19/h4-5,10,15,20H,1,6-9,11-13H2,2-3H3. The molecule has 1 aliphatic heterocycles. The number of aliphatic hydroxyl groups is 1. The van der Waals surface area contributed by atoms with Gasteiger partial charge in [0.2, 0.25) is 0 Å². The SMILES string of the molecule is C=C(C)COc1cc(CN2CCC(CO)CC2)ccc1OC. The number of likely N-dealkylation sites (tertiary alicyclic amines) is 1. The maximum Gasteiger partial charge on any atom is 0.161 e. The lowest BCUT2D eigenvalue weighted by Crippen LogP contribution is -2.34. The quantitative estimate of drug-likeness (QED) is 0.787. The van der Waals surface area contributed by atoms with E-state index in [-0.39, 0.29) is 0 Å². The highest BCUT2D eigenvalue weighted by Crippen LogP contribution is 2.29. The minimum Gasteiger partial charge on any atom is -0.493 e. The van der Waals surface area contributed by atoms with Crippen molar-refractivity contribution in [2.45, 2.75) is 26.3 Å². The van der Waals surface area contributed by atoms with Gasteiger partial charge in [0, 0.05) is 13.2 Å². The molecule has 1 heterocycles. The zero-order valence-electron chi connectivity index (χ0n) is 13.7. The van der Waals surface area contributed by atoms with Crippen molar-refractivity contribution in [2.24, 2.45) is 5.92 Å². The van der Waals surface area contributed by atoms with E-state index < -0.39 is 0 Å². The Morgan fingerprint density at radius 2 is 2.05 bits per heavy atom. The van der Waals surface area contributed by atoms with E-state index in [1.165, 1.54) is 5.56 Å². The van der Waals surface area contributed by atoms with Gasteiger partial charge in [-0.2, -0.15) is 0 Å². The number of benzene rings is 1. The van der Waals surface area contributed by atoms with Gasteiger partial charge in [-0.1, -0.05) is 12.6 Å². The lowest BCUT2D eigenvalue weighted by Gasteiger charge is -2.31. The normalized spacial score (nSPS) is 16.5. The van der Waals surface area contributed by atoms with Crippen LogP contribution in [0.1, 0.15) is 25.3 Å². The summed E-state index contributed by atoms with van der Waals surface area (Å²) in [5, 5.41) is 9.21. The number of aliphatic hydroxyl groups excluding tert-OH is 1. The van der Waals surface area contributed by atoms with Gasteiger partial charge in [-0.3, -0.25) is 4.90 Å². The van der Waals surface area contributed by atoms with Crippen LogP contribution in [0.15, 0.2) is 30.4 Å². The molecule has 2 rings (SSSR count). The monoisotopic (exact) mass is 305 g/mol. The average molecular weight is 305 g/mol. The van der Waals surface area contributed by atoms with Gasteiger partial charge in [0.05, 0.1) is 7.11 Å². The van der Waals surface area contributed by atoms with Crippen molar-refractivity contribution in [3.8, 4) is 11.5 Å². The molecule has 1 aliphatic rings. The number of nitrogens with zero attached hydrogens (tertiary/aromatic N) is 1. The number of methoxy groups -OCH3 is 1. The Morgan fingerprint density at radius 3 is 2.64 bits per heavy atom. The first kappa shape index (κ1) is 16.8. The molecule has 1 N–H and O–H groups in total. The summed E-state index contributed by atoms with van der Waals surface area (Å²) >= 11 is 0. The van der Waals surface area contributed by atoms with E-state index in [1.807, 2.05) is 13.0 Å². The van der Waals surface area contributed by atoms with E-state index in [1.54, 1.807) is 7.11 Å². The molecule has 0 bridgehead atoms. The van der Waals surface area contributed by atoms with Gasteiger partial charge >= 0.3 is 0 Å². The maximum absolute atomic E-state index is 9.21. The van der Waals surface area contributed by atoms with Crippen LogP contribution in [-0.2, 0) is 6.54 Å². The first-order valence-electron chi connectivity index (χ1n) is 7.89. The Morgan fingerprint density at radius 1 is 1.32 bits per heavy atom.